The summed E-state index contributed by atoms with van der Waals surface area (Å²) < 4.78 is 0.993. The molecule has 0 heterocycles. The van der Waals surface area contributed by atoms with Crippen LogP contribution < -0.4 is 10.6 Å². The first kappa shape index (κ1) is 12.2. The van der Waals surface area contributed by atoms with Crippen LogP contribution in [0.5, 0.6) is 0 Å². The minimum absolute atomic E-state index is 0.202. The van der Waals surface area contributed by atoms with Crippen molar-refractivity contribution in [3.05, 3.63) is 40.5 Å². The summed E-state index contributed by atoms with van der Waals surface area (Å²) in [5.41, 5.74) is 2.03. The molecule has 1 aromatic carbocycles. The maximum Gasteiger partial charge on any atom is 0.323 e. The molecule has 1 aromatic rings. The van der Waals surface area contributed by atoms with E-state index in [2.05, 4.69) is 33.5 Å². The van der Waals surface area contributed by atoms with Gasteiger partial charge in [0.25, 0.3) is 0 Å². The van der Waals surface area contributed by atoms with E-state index < -0.39 is 0 Å². The molecule has 0 atom stereocenters. The fraction of sp³-hybridized carbons (Fsp3) is 0.308. The maximum absolute atomic E-state index is 11.6. The molecule has 0 aromatic heterocycles. The number of rotatable bonds is 3. The van der Waals surface area contributed by atoms with E-state index in [1.807, 2.05) is 24.3 Å². The second-order valence-electron chi connectivity index (χ2n) is 4.27. The molecular weight excluding hydrogens is 280 g/mol. The normalized spacial score (nSPS) is 15.5. The van der Waals surface area contributed by atoms with Crippen LogP contribution >= 0.6 is 15.9 Å². The lowest BCUT2D eigenvalue weighted by Crippen LogP contribution is -2.24. The van der Waals surface area contributed by atoms with Crippen molar-refractivity contribution in [2.24, 2.45) is 5.92 Å². The Kier molecular flexibility index (Phi) is 3.84. The Morgan fingerprint density at radius 2 is 2.00 bits per heavy atom. The number of hydrogen-bond acceptors (Lipinski definition) is 1. The summed E-state index contributed by atoms with van der Waals surface area (Å²) in [4.78, 5) is 11.6. The maximum atomic E-state index is 11.6. The molecule has 0 unspecified atom stereocenters. The van der Waals surface area contributed by atoms with Crippen molar-refractivity contribution in [1.29, 1.82) is 0 Å². The van der Waals surface area contributed by atoms with Crippen LogP contribution in [-0.2, 0) is 0 Å². The monoisotopic (exact) mass is 294 g/mol. The van der Waals surface area contributed by atoms with Gasteiger partial charge >= 0.3 is 6.03 Å². The van der Waals surface area contributed by atoms with Crippen LogP contribution in [0.1, 0.15) is 19.8 Å². The SMILES string of the molecule is C/C(=C\NC(=O)Nc1ccc(Br)cc1)C1CC1. The van der Waals surface area contributed by atoms with Crippen LogP contribution in [0.3, 0.4) is 0 Å². The predicted molar refractivity (Wildman–Crippen MR) is 72.8 cm³/mol. The molecule has 1 aliphatic rings. The lowest BCUT2D eigenvalue weighted by Gasteiger charge is -2.05. The van der Waals surface area contributed by atoms with Crippen LogP contribution in [0.4, 0.5) is 10.5 Å². The van der Waals surface area contributed by atoms with E-state index in [4.69, 9.17) is 0 Å². The number of benzene rings is 1. The van der Waals surface area contributed by atoms with Crippen molar-refractivity contribution >= 4 is 27.6 Å². The van der Waals surface area contributed by atoms with Gasteiger partial charge in [-0.1, -0.05) is 21.5 Å². The molecule has 0 radical (unpaired) electrons. The quantitative estimate of drug-likeness (QED) is 0.873. The van der Waals surface area contributed by atoms with Crippen LogP contribution in [0.25, 0.3) is 0 Å². The van der Waals surface area contributed by atoms with Gasteiger partial charge in [0, 0.05) is 16.4 Å². The van der Waals surface area contributed by atoms with E-state index in [1.54, 1.807) is 6.20 Å². The highest BCUT2D eigenvalue weighted by molar-refractivity contribution is 9.10. The summed E-state index contributed by atoms with van der Waals surface area (Å²) in [6.45, 7) is 2.05. The van der Waals surface area contributed by atoms with Gasteiger partial charge in [0.2, 0.25) is 0 Å². The number of amides is 2. The smallest absolute Gasteiger partial charge is 0.314 e. The van der Waals surface area contributed by atoms with Gasteiger partial charge in [0.05, 0.1) is 0 Å². The molecule has 2 rings (SSSR count). The van der Waals surface area contributed by atoms with Gasteiger partial charge in [-0.05, 0) is 49.9 Å². The Balaban J connectivity index is 1.84. The second-order valence-corrected chi connectivity index (χ2v) is 5.18. The van der Waals surface area contributed by atoms with Crippen LogP contribution in [-0.4, -0.2) is 6.03 Å². The number of urea groups is 1. The summed E-state index contributed by atoms with van der Waals surface area (Å²) in [7, 11) is 0. The third kappa shape index (κ3) is 3.89. The fourth-order valence-electron chi connectivity index (χ4n) is 1.54. The summed E-state index contributed by atoms with van der Waals surface area (Å²) in [5.74, 6) is 0.683. The Morgan fingerprint density at radius 1 is 1.35 bits per heavy atom. The molecule has 0 spiro atoms. The fourth-order valence-corrected chi connectivity index (χ4v) is 1.80. The molecule has 1 fully saturated rings. The molecule has 2 amide bonds. The number of nitrogens with one attached hydrogen (secondary N) is 2. The Hall–Kier alpha value is -1.29. The zero-order valence-corrected chi connectivity index (χ0v) is 11.3. The third-order valence-electron chi connectivity index (χ3n) is 2.75. The minimum atomic E-state index is -0.202. The van der Waals surface area contributed by atoms with Crippen molar-refractivity contribution in [2.45, 2.75) is 19.8 Å². The van der Waals surface area contributed by atoms with E-state index >= 15 is 0 Å². The number of allylic oxidation sites excluding steroid dienone is 1. The Morgan fingerprint density at radius 3 is 2.59 bits per heavy atom. The van der Waals surface area contributed by atoms with Crippen molar-refractivity contribution in [3.8, 4) is 0 Å². The minimum Gasteiger partial charge on any atom is -0.314 e. The first-order chi connectivity index (χ1) is 8.15. The first-order valence-electron chi connectivity index (χ1n) is 5.65. The van der Waals surface area contributed by atoms with Gasteiger partial charge in [0.15, 0.2) is 0 Å². The average molecular weight is 295 g/mol. The van der Waals surface area contributed by atoms with Crippen molar-refractivity contribution in [1.82, 2.24) is 5.32 Å². The van der Waals surface area contributed by atoms with Gasteiger partial charge < -0.3 is 10.6 Å². The molecule has 1 saturated carbocycles. The van der Waals surface area contributed by atoms with Gasteiger partial charge in [-0.15, -0.1) is 0 Å². The molecule has 4 heteroatoms. The summed E-state index contributed by atoms with van der Waals surface area (Å²) in [6.07, 6.45) is 4.29. The second kappa shape index (κ2) is 5.36. The molecule has 0 bridgehead atoms. The third-order valence-corrected chi connectivity index (χ3v) is 3.28. The highest BCUT2D eigenvalue weighted by atomic mass is 79.9. The summed E-state index contributed by atoms with van der Waals surface area (Å²) in [5, 5.41) is 5.51. The molecule has 2 N–H and O–H groups in total. The van der Waals surface area contributed by atoms with Crippen LogP contribution in [0.15, 0.2) is 40.5 Å². The number of carbonyl (C=O) groups is 1. The van der Waals surface area contributed by atoms with E-state index in [0.29, 0.717) is 5.92 Å². The van der Waals surface area contributed by atoms with E-state index in [0.717, 1.165) is 10.2 Å². The first-order valence-corrected chi connectivity index (χ1v) is 6.44. The molecular formula is C13H15BrN2O. The van der Waals surface area contributed by atoms with Crippen LogP contribution in [0.2, 0.25) is 0 Å². The van der Waals surface area contributed by atoms with Gasteiger partial charge in [-0.25, -0.2) is 4.79 Å². The number of halogens is 1. The lowest BCUT2D eigenvalue weighted by atomic mass is 10.2. The number of hydrogen-bond donors (Lipinski definition) is 2. The average Bonchev–Trinajstić information content (AvgIpc) is 3.13. The topological polar surface area (TPSA) is 41.1 Å². The summed E-state index contributed by atoms with van der Waals surface area (Å²) in [6, 6.07) is 7.27. The number of carbonyl (C=O) groups excluding carboxylic acids is 1. The Labute approximate surface area is 109 Å². The molecule has 1 aliphatic carbocycles. The Bertz CT molecular complexity index is 435. The lowest BCUT2D eigenvalue weighted by molar-refractivity contribution is 0.255. The van der Waals surface area contributed by atoms with E-state index in [-0.39, 0.29) is 6.03 Å². The molecule has 90 valence electrons. The van der Waals surface area contributed by atoms with Crippen molar-refractivity contribution in [3.63, 3.8) is 0 Å². The molecule has 17 heavy (non-hydrogen) atoms. The standard InChI is InChI=1S/C13H15BrN2O/c1-9(10-2-3-10)8-15-13(17)16-12-6-4-11(14)5-7-12/h4-8,10H,2-3H2,1H3,(H2,15,16,17)/b9-8+. The highest BCUT2D eigenvalue weighted by Crippen LogP contribution is 2.35. The largest absolute Gasteiger partial charge is 0.323 e. The highest BCUT2D eigenvalue weighted by Gasteiger charge is 2.22. The van der Waals surface area contributed by atoms with Gasteiger partial charge in [-0.2, -0.15) is 0 Å². The van der Waals surface area contributed by atoms with E-state index in [9.17, 15) is 4.79 Å². The van der Waals surface area contributed by atoms with E-state index in [1.165, 1.54) is 18.4 Å². The zero-order valence-electron chi connectivity index (χ0n) is 9.66. The zero-order chi connectivity index (χ0) is 12.3. The molecule has 0 saturated heterocycles. The molecule has 3 nitrogen and oxygen atoms in total. The van der Waals surface area contributed by atoms with Crippen molar-refractivity contribution < 1.29 is 4.79 Å². The van der Waals surface area contributed by atoms with Gasteiger partial charge in [0.1, 0.15) is 0 Å². The number of anilines is 1. The van der Waals surface area contributed by atoms with Crippen molar-refractivity contribution in [2.75, 3.05) is 5.32 Å². The molecule has 0 aliphatic heterocycles. The predicted octanol–water partition coefficient (Wildman–Crippen LogP) is 3.88. The van der Waals surface area contributed by atoms with Gasteiger partial charge in [-0.3, -0.25) is 0 Å². The van der Waals surface area contributed by atoms with Crippen LogP contribution in [0, 0.1) is 5.92 Å². The summed E-state index contributed by atoms with van der Waals surface area (Å²) >= 11 is 3.35.